The summed E-state index contributed by atoms with van der Waals surface area (Å²) in [6, 6.07) is 3.70. The first-order chi connectivity index (χ1) is 9.67. The number of nitrogens with zero attached hydrogens (tertiary/aromatic N) is 1. The first kappa shape index (κ1) is 14.1. The minimum absolute atomic E-state index is 0.459. The van der Waals surface area contributed by atoms with Crippen LogP contribution in [-0.2, 0) is 6.54 Å². The minimum Gasteiger partial charge on any atom is -0.477 e. The molecule has 110 valence electrons. The number of hydrogen-bond acceptors (Lipinski definition) is 3. The van der Waals surface area contributed by atoms with Crippen LogP contribution in [0.25, 0.3) is 0 Å². The molecule has 1 saturated heterocycles. The highest BCUT2D eigenvalue weighted by Crippen LogP contribution is 2.44. The van der Waals surface area contributed by atoms with E-state index in [-0.39, 0.29) is 0 Å². The van der Waals surface area contributed by atoms with Crippen molar-refractivity contribution in [3.8, 4) is 0 Å². The van der Waals surface area contributed by atoms with E-state index < -0.39 is 5.97 Å². The third kappa shape index (κ3) is 3.07. The van der Waals surface area contributed by atoms with Gasteiger partial charge in [-0.1, -0.05) is 19.3 Å². The van der Waals surface area contributed by atoms with Crippen molar-refractivity contribution in [1.29, 1.82) is 0 Å². The van der Waals surface area contributed by atoms with Gasteiger partial charge in [0.25, 0.3) is 0 Å². The zero-order valence-electron chi connectivity index (χ0n) is 11.9. The average molecular weight is 293 g/mol. The van der Waals surface area contributed by atoms with E-state index in [0.717, 1.165) is 6.54 Å². The van der Waals surface area contributed by atoms with Crippen LogP contribution in [0.2, 0.25) is 0 Å². The summed E-state index contributed by atoms with van der Waals surface area (Å²) in [5, 5.41) is 8.97. The first-order valence-corrected chi connectivity index (χ1v) is 8.53. The molecule has 0 bridgehead atoms. The summed E-state index contributed by atoms with van der Waals surface area (Å²) in [6.07, 6.45) is 9.82. The van der Waals surface area contributed by atoms with Crippen LogP contribution in [-0.4, -0.2) is 29.1 Å². The van der Waals surface area contributed by atoms with E-state index >= 15 is 0 Å². The van der Waals surface area contributed by atoms with Gasteiger partial charge in [0.1, 0.15) is 4.88 Å². The molecule has 1 aliphatic heterocycles. The summed E-state index contributed by atoms with van der Waals surface area (Å²) in [7, 11) is 0. The quantitative estimate of drug-likeness (QED) is 0.916. The summed E-state index contributed by atoms with van der Waals surface area (Å²) in [6.45, 7) is 3.29. The number of carboxylic acid groups (broad SMARTS) is 1. The van der Waals surface area contributed by atoms with E-state index in [1.54, 1.807) is 6.07 Å². The number of carbonyl (C=O) groups is 1. The van der Waals surface area contributed by atoms with Crippen molar-refractivity contribution in [2.45, 2.75) is 51.5 Å². The fourth-order valence-corrected chi connectivity index (χ4v) is 4.67. The molecule has 0 amide bonds. The molecular formula is C16H23NO2S. The second kappa shape index (κ2) is 5.86. The molecule has 2 aliphatic rings. The van der Waals surface area contributed by atoms with E-state index in [1.165, 1.54) is 74.2 Å². The number of thiophene rings is 1. The van der Waals surface area contributed by atoms with Crippen LogP contribution in [0.15, 0.2) is 12.1 Å². The van der Waals surface area contributed by atoms with E-state index in [0.29, 0.717) is 10.3 Å². The van der Waals surface area contributed by atoms with Gasteiger partial charge in [0.05, 0.1) is 0 Å². The molecule has 1 N–H and O–H groups in total. The lowest BCUT2D eigenvalue weighted by atomic mass is 9.68. The number of hydrogen-bond donors (Lipinski definition) is 1. The third-order valence-corrected chi connectivity index (χ3v) is 6.14. The van der Waals surface area contributed by atoms with E-state index in [2.05, 4.69) is 4.90 Å². The summed E-state index contributed by atoms with van der Waals surface area (Å²) < 4.78 is 0. The molecule has 1 spiro atoms. The lowest BCUT2D eigenvalue weighted by molar-refractivity contribution is 0.0646. The molecule has 0 unspecified atom stereocenters. The largest absolute Gasteiger partial charge is 0.477 e. The van der Waals surface area contributed by atoms with Crippen LogP contribution < -0.4 is 0 Å². The molecule has 0 radical (unpaired) electrons. The average Bonchev–Trinajstić information content (AvgIpc) is 2.92. The molecule has 1 aliphatic carbocycles. The van der Waals surface area contributed by atoms with Crippen molar-refractivity contribution >= 4 is 17.3 Å². The smallest absolute Gasteiger partial charge is 0.345 e. The highest BCUT2D eigenvalue weighted by molar-refractivity contribution is 7.13. The second-order valence-corrected chi connectivity index (χ2v) is 7.58. The summed E-state index contributed by atoms with van der Waals surface area (Å²) in [4.78, 5) is 15.0. The van der Waals surface area contributed by atoms with Crippen molar-refractivity contribution in [2.75, 3.05) is 13.1 Å². The first-order valence-electron chi connectivity index (χ1n) is 7.71. The Morgan fingerprint density at radius 2 is 1.85 bits per heavy atom. The highest BCUT2D eigenvalue weighted by Gasteiger charge is 2.35. The van der Waals surface area contributed by atoms with Crippen LogP contribution in [0.1, 0.15) is 59.5 Å². The van der Waals surface area contributed by atoms with E-state index in [1.807, 2.05) is 6.07 Å². The van der Waals surface area contributed by atoms with Gasteiger partial charge in [0.2, 0.25) is 0 Å². The fraction of sp³-hybridized carbons (Fsp3) is 0.688. The maximum absolute atomic E-state index is 10.9. The molecule has 0 aromatic carbocycles. The topological polar surface area (TPSA) is 40.5 Å². The van der Waals surface area contributed by atoms with Gasteiger partial charge >= 0.3 is 5.97 Å². The van der Waals surface area contributed by atoms with E-state index in [4.69, 9.17) is 5.11 Å². The van der Waals surface area contributed by atoms with Crippen molar-refractivity contribution in [3.63, 3.8) is 0 Å². The van der Waals surface area contributed by atoms with Crippen molar-refractivity contribution < 1.29 is 9.90 Å². The molecule has 3 rings (SSSR count). The van der Waals surface area contributed by atoms with Gasteiger partial charge < -0.3 is 5.11 Å². The number of aromatic carboxylic acids is 1. The SMILES string of the molecule is O=C(O)c1ccc(CN2CCC3(CCCCC3)CC2)s1. The Labute approximate surface area is 124 Å². The predicted molar refractivity (Wildman–Crippen MR) is 81.3 cm³/mol. The van der Waals surface area contributed by atoms with Crippen LogP contribution in [0.5, 0.6) is 0 Å². The van der Waals surface area contributed by atoms with Crippen molar-refractivity contribution in [3.05, 3.63) is 21.9 Å². The molecular weight excluding hydrogens is 270 g/mol. The Morgan fingerprint density at radius 1 is 1.15 bits per heavy atom. The van der Waals surface area contributed by atoms with Gasteiger partial charge in [-0.3, -0.25) is 4.90 Å². The highest BCUT2D eigenvalue weighted by atomic mass is 32.1. The molecule has 2 heterocycles. The molecule has 1 saturated carbocycles. The third-order valence-electron chi connectivity index (χ3n) is 5.08. The summed E-state index contributed by atoms with van der Waals surface area (Å²) in [5.74, 6) is -0.805. The Morgan fingerprint density at radius 3 is 2.45 bits per heavy atom. The fourth-order valence-electron chi connectivity index (χ4n) is 3.79. The Hall–Kier alpha value is -0.870. The standard InChI is InChI=1S/C16H23NO2S/c18-15(19)14-5-4-13(20-14)12-17-10-8-16(9-11-17)6-2-1-3-7-16/h4-5H,1-3,6-12H2,(H,18,19). The van der Waals surface area contributed by atoms with Gasteiger partial charge in [-0.25, -0.2) is 4.79 Å². The summed E-state index contributed by atoms with van der Waals surface area (Å²) >= 11 is 1.42. The molecule has 3 nitrogen and oxygen atoms in total. The van der Waals surface area contributed by atoms with Crippen LogP contribution >= 0.6 is 11.3 Å². The van der Waals surface area contributed by atoms with Gasteiger partial charge in [0.15, 0.2) is 0 Å². The summed E-state index contributed by atoms with van der Waals surface area (Å²) in [5.41, 5.74) is 0.649. The van der Waals surface area contributed by atoms with E-state index in [9.17, 15) is 4.79 Å². The van der Waals surface area contributed by atoms with Crippen LogP contribution in [0.4, 0.5) is 0 Å². The van der Waals surface area contributed by atoms with Gasteiger partial charge in [-0.15, -0.1) is 11.3 Å². The minimum atomic E-state index is -0.805. The molecule has 2 fully saturated rings. The predicted octanol–water partition coefficient (Wildman–Crippen LogP) is 3.99. The Kier molecular flexibility index (Phi) is 4.13. The molecule has 4 heteroatoms. The number of piperidine rings is 1. The lowest BCUT2D eigenvalue weighted by Crippen LogP contribution is -2.40. The van der Waals surface area contributed by atoms with Crippen LogP contribution in [0.3, 0.4) is 0 Å². The van der Waals surface area contributed by atoms with Gasteiger partial charge in [-0.05, 0) is 56.3 Å². The molecule has 20 heavy (non-hydrogen) atoms. The molecule has 1 aromatic rings. The molecule has 0 atom stereocenters. The normalized spacial score (nSPS) is 23.0. The Balaban J connectivity index is 1.54. The van der Waals surface area contributed by atoms with Crippen molar-refractivity contribution in [2.24, 2.45) is 5.41 Å². The lowest BCUT2D eigenvalue weighted by Gasteiger charge is -2.44. The Bertz CT molecular complexity index is 467. The number of carboxylic acids is 1. The molecule has 1 aromatic heterocycles. The van der Waals surface area contributed by atoms with Crippen LogP contribution in [0, 0.1) is 5.41 Å². The van der Waals surface area contributed by atoms with Crippen molar-refractivity contribution in [1.82, 2.24) is 4.90 Å². The maximum Gasteiger partial charge on any atom is 0.345 e. The van der Waals surface area contributed by atoms with Gasteiger partial charge in [-0.2, -0.15) is 0 Å². The number of likely N-dealkylation sites (tertiary alicyclic amines) is 1. The zero-order chi connectivity index (χ0) is 14.0. The van der Waals surface area contributed by atoms with Gasteiger partial charge in [0, 0.05) is 11.4 Å². The zero-order valence-corrected chi connectivity index (χ0v) is 12.8. The number of rotatable bonds is 3. The maximum atomic E-state index is 10.9. The monoisotopic (exact) mass is 293 g/mol. The second-order valence-electron chi connectivity index (χ2n) is 6.41.